The molecule has 4 aromatic rings. The monoisotopic (exact) mass is 619 g/mol. The number of benzene rings is 3. The Morgan fingerprint density at radius 2 is 1.45 bits per heavy atom. The number of fused-ring (bicyclic) bond motifs is 1. The van der Waals surface area contributed by atoms with Crippen molar-refractivity contribution in [3.05, 3.63) is 76.9 Å². The smallest absolute Gasteiger partial charge is 0.495 e. The molecule has 0 saturated carbocycles. The van der Waals surface area contributed by atoms with Crippen molar-refractivity contribution in [2.75, 3.05) is 20.5 Å². The molecule has 0 N–H and O–H groups in total. The number of aryl methyl sites for hydroxylation is 2. The van der Waals surface area contributed by atoms with E-state index in [9.17, 15) is 4.79 Å². The molecule has 234 valence electrons. The summed E-state index contributed by atoms with van der Waals surface area (Å²) in [6, 6.07) is 19.1. The maximum atomic E-state index is 12.3. The molecule has 0 fully saturated rings. The summed E-state index contributed by atoms with van der Waals surface area (Å²) in [7, 11) is 1.55. The van der Waals surface area contributed by atoms with Crippen LogP contribution in [0.4, 0.5) is 4.79 Å². The normalized spacial score (nSPS) is 10.9. The van der Waals surface area contributed by atoms with Crippen LogP contribution >= 0.6 is 11.6 Å². The zero-order valence-corrected chi connectivity index (χ0v) is 26.9. The number of methoxy groups -OCH3 is 1. The highest BCUT2D eigenvalue weighted by Gasteiger charge is 2.19. The first kappa shape index (κ1) is 32.9. The van der Waals surface area contributed by atoms with E-state index in [1.807, 2.05) is 62.4 Å². The highest BCUT2D eigenvalue weighted by molar-refractivity contribution is 6.33. The largest absolute Gasteiger partial charge is 0.511 e. The fraction of sp³-hybridized carbons (Fsp3) is 0.389. The summed E-state index contributed by atoms with van der Waals surface area (Å²) >= 11 is 6.50. The molecular weight excluding hydrogens is 578 g/mol. The van der Waals surface area contributed by atoms with Gasteiger partial charge in [-0.3, -0.25) is 4.98 Å². The van der Waals surface area contributed by atoms with E-state index >= 15 is 0 Å². The fourth-order valence-electron chi connectivity index (χ4n) is 5.00. The van der Waals surface area contributed by atoms with Gasteiger partial charge in [0.05, 0.1) is 24.3 Å². The van der Waals surface area contributed by atoms with Crippen LogP contribution in [0, 0.1) is 13.8 Å². The first-order valence-electron chi connectivity index (χ1n) is 15.3. The van der Waals surface area contributed by atoms with Gasteiger partial charge in [0.2, 0.25) is 6.79 Å². The number of unbranched alkanes of at least 4 members (excludes halogenated alkanes) is 7. The Morgan fingerprint density at radius 3 is 2.11 bits per heavy atom. The number of rotatable bonds is 16. The third kappa shape index (κ3) is 9.26. The van der Waals surface area contributed by atoms with Gasteiger partial charge in [0.15, 0.2) is 0 Å². The third-order valence-electron chi connectivity index (χ3n) is 7.39. The second-order valence-electron chi connectivity index (χ2n) is 10.8. The zero-order chi connectivity index (χ0) is 31.3. The molecule has 44 heavy (non-hydrogen) atoms. The number of hydrogen-bond acceptors (Lipinski definition) is 7. The predicted octanol–water partition coefficient (Wildman–Crippen LogP) is 10.6. The van der Waals surface area contributed by atoms with Crippen molar-refractivity contribution in [2.24, 2.45) is 0 Å². The first-order chi connectivity index (χ1) is 21.4. The second-order valence-corrected chi connectivity index (χ2v) is 11.2. The number of hydrogen-bond donors (Lipinski definition) is 0. The standard InChI is InChI=1S/C36H42ClNO6/c1-5-6-7-8-9-10-11-12-21-41-36(39)43-24-42-35-30-22-31(37)33(40-4)23-32(30)38-26(3)34(35)27-15-19-29(20-16-27)44-28-17-13-25(2)14-18-28/h13-20,22-23H,5-12,21,24H2,1-4H3. The lowest BCUT2D eigenvalue weighted by Gasteiger charge is -2.18. The van der Waals surface area contributed by atoms with E-state index in [1.54, 1.807) is 19.2 Å². The van der Waals surface area contributed by atoms with Crippen LogP contribution in [0.3, 0.4) is 0 Å². The molecule has 0 aliphatic heterocycles. The maximum absolute atomic E-state index is 12.3. The van der Waals surface area contributed by atoms with Gasteiger partial charge in [-0.25, -0.2) is 4.79 Å². The van der Waals surface area contributed by atoms with Gasteiger partial charge in [0.25, 0.3) is 0 Å². The van der Waals surface area contributed by atoms with Gasteiger partial charge in [-0.05, 0) is 56.2 Å². The van der Waals surface area contributed by atoms with Crippen molar-refractivity contribution in [2.45, 2.75) is 72.1 Å². The molecule has 8 heteroatoms. The van der Waals surface area contributed by atoms with Gasteiger partial charge < -0.3 is 23.7 Å². The molecule has 0 bridgehead atoms. The molecule has 0 spiro atoms. The van der Waals surface area contributed by atoms with Crippen molar-refractivity contribution >= 4 is 28.7 Å². The molecule has 0 unspecified atom stereocenters. The minimum absolute atomic E-state index is 0.322. The average Bonchev–Trinajstić information content (AvgIpc) is 3.02. The van der Waals surface area contributed by atoms with E-state index in [4.69, 9.17) is 40.3 Å². The quantitative estimate of drug-likeness (QED) is 0.0701. The van der Waals surface area contributed by atoms with Crippen LogP contribution in [0.2, 0.25) is 5.02 Å². The van der Waals surface area contributed by atoms with Crippen molar-refractivity contribution in [1.29, 1.82) is 0 Å². The summed E-state index contributed by atoms with van der Waals surface area (Å²) in [5.74, 6) is 2.44. The van der Waals surface area contributed by atoms with E-state index in [1.165, 1.54) is 32.1 Å². The van der Waals surface area contributed by atoms with Gasteiger partial charge in [-0.15, -0.1) is 0 Å². The lowest BCUT2D eigenvalue weighted by atomic mass is 10.00. The molecule has 0 radical (unpaired) electrons. The van der Waals surface area contributed by atoms with Crippen molar-refractivity contribution in [3.63, 3.8) is 0 Å². The van der Waals surface area contributed by atoms with Crippen LogP contribution in [-0.4, -0.2) is 31.6 Å². The SMILES string of the molecule is CCCCCCCCCCOC(=O)OCOc1c(-c2ccc(Oc3ccc(C)cc3)cc2)c(C)nc2cc(OC)c(Cl)cc12. The number of ether oxygens (including phenoxy) is 5. The van der Waals surface area contributed by atoms with Crippen LogP contribution in [0.25, 0.3) is 22.0 Å². The fourth-order valence-corrected chi connectivity index (χ4v) is 5.24. The Bertz CT molecular complexity index is 1500. The second kappa shape index (κ2) is 16.8. The Morgan fingerprint density at radius 1 is 0.818 bits per heavy atom. The van der Waals surface area contributed by atoms with Gasteiger partial charge in [0.1, 0.15) is 23.0 Å². The van der Waals surface area contributed by atoms with Crippen LogP contribution in [0.15, 0.2) is 60.7 Å². The van der Waals surface area contributed by atoms with E-state index in [0.717, 1.165) is 47.4 Å². The summed E-state index contributed by atoms with van der Waals surface area (Å²) in [5, 5.41) is 1.07. The summed E-state index contributed by atoms with van der Waals surface area (Å²) in [5.41, 5.74) is 4.13. The van der Waals surface area contributed by atoms with E-state index in [2.05, 4.69) is 6.92 Å². The van der Waals surface area contributed by atoms with Crippen molar-refractivity contribution in [1.82, 2.24) is 4.98 Å². The Labute approximate surface area is 265 Å². The van der Waals surface area contributed by atoms with Crippen molar-refractivity contribution in [3.8, 4) is 34.1 Å². The van der Waals surface area contributed by atoms with Gasteiger partial charge in [0, 0.05) is 22.7 Å². The summed E-state index contributed by atoms with van der Waals surface area (Å²) in [6.45, 7) is 6.14. The Kier molecular flexibility index (Phi) is 12.5. The number of carbonyl (C=O) groups is 1. The van der Waals surface area contributed by atoms with Crippen LogP contribution in [0.5, 0.6) is 23.0 Å². The number of nitrogens with zero attached hydrogens (tertiary/aromatic N) is 1. The minimum Gasteiger partial charge on any atom is -0.495 e. The molecule has 1 heterocycles. The topological polar surface area (TPSA) is 76.1 Å². The predicted molar refractivity (Wildman–Crippen MR) is 175 cm³/mol. The number of aromatic nitrogens is 1. The maximum Gasteiger partial charge on any atom is 0.511 e. The first-order valence-corrected chi connectivity index (χ1v) is 15.7. The Hall–Kier alpha value is -3.97. The van der Waals surface area contributed by atoms with E-state index in [-0.39, 0.29) is 6.79 Å². The number of halogens is 1. The van der Waals surface area contributed by atoms with Crippen LogP contribution in [-0.2, 0) is 9.47 Å². The third-order valence-corrected chi connectivity index (χ3v) is 7.68. The molecule has 0 aliphatic rings. The number of carbonyl (C=O) groups excluding carboxylic acids is 1. The molecule has 1 aromatic heterocycles. The van der Waals surface area contributed by atoms with Gasteiger partial charge in [-0.2, -0.15) is 0 Å². The molecule has 0 saturated heterocycles. The highest BCUT2D eigenvalue weighted by atomic mass is 35.5. The van der Waals surface area contributed by atoms with Gasteiger partial charge in [-0.1, -0.05) is 93.3 Å². The Balaban J connectivity index is 1.45. The van der Waals surface area contributed by atoms with E-state index < -0.39 is 6.16 Å². The van der Waals surface area contributed by atoms with Crippen molar-refractivity contribution < 1.29 is 28.5 Å². The minimum atomic E-state index is -0.762. The molecule has 0 aliphatic carbocycles. The van der Waals surface area contributed by atoms with Crippen LogP contribution in [0.1, 0.15) is 69.5 Å². The highest BCUT2D eigenvalue weighted by Crippen LogP contribution is 2.42. The average molecular weight is 620 g/mol. The lowest BCUT2D eigenvalue weighted by Crippen LogP contribution is -2.13. The van der Waals surface area contributed by atoms with Crippen LogP contribution < -0.4 is 14.2 Å². The summed E-state index contributed by atoms with van der Waals surface area (Å²) < 4.78 is 28.1. The summed E-state index contributed by atoms with van der Waals surface area (Å²) in [4.78, 5) is 17.1. The number of pyridine rings is 1. The van der Waals surface area contributed by atoms with Gasteiger partial charge >= 0.3 is 6.16 Å². The molecule has 0 atom stereocenters. The lowest BCUT2D eigenvalue weighted by molar-refractivity contribution is 0.00471. The molecule has 0 amide bonds. The zero-order valence-electron chi connectivity index (χ0n) is 26.1. The van der Waals surface area contributed by atoms with E-state index in [0.29, 0.717) is 39.8 Å². The molecular formula is C36H42ClNO6. The molecule has 7 nitrogen and oxygen atoms in total. The molecule has 4 rings (SSSR count). The summed E-state index contributed by atoms with van der Waals surface area (Å²) in [6.07, 6.45) is 8.55. The molecule has 3 aromatic carbocycles.